The molecule has 0 aliphatic carbocycles. The topological polar surface area (TPSA) is 87.3 Å². The largest absolute Gasteiger partial charge is 0.348 e. The van der Waals surface area contributed by atoms with Crippen LogP contribution in [0.1, 0.15) is 23.7 Å². The number of sulfonamides is 1. The van der Waals surface area contributed by atoms with Gasteiger partial charge in [0.25, 0.3) is 5.91 Å². The predicted molar refractivity (Wildman–Crippen MR) is 82.8 cm³/mol. The molecule has 1 aromatic carbocycles. The first-order valence-corrected chi connectivity index (χ1v) is 8.94. The summed E-state index contributed by atoms with van der Waals surface area (Å²) in [5.74, 6) is -0.796. The maximum atomic E-state index is 13.4. The minimum absolute atomic E-state index is 0.0248. The third-order valence-electron chi connectivity index (χ3n) is 3.67. The number of carbonyl (C=O) groups excluding carboxylic acids is 1. The van der Waals surface area contributed by atoms with Crippen LogP contribution in [0.25, 0.3) is 0 Å². The van der Waals surface area contributed by atoms with E-state index in [0.717, 1.165) is 31.4 Å². The Hall–Kier alpha value is -1.67. The number of anilines is 1. The Kier molecular flexibility index (Phi) is 5.02. The Balaban J connectivity index is 2.22. The fourth-order valence-electron chi connectivity index (χ4n) is 2.42. The van der Waals surface area contributed by atoms with E-state index in [1.165, 1.54) is 6.07 Å². The summed E-state index contributed by atoms with van der Waals surface area (Å²) >= 11 is 0. The molecule has 1 fully saturated rings. The molecule has 0 spiro atoms. The smallest absolute Gasteiger partial charge is 0.253 e. The van der Waals surface area contributed by atoms with Gasteiger partial charge in [0.1, 0.15) is 5.82 Å². The van der Waals surface area contributed by atoms with E-state index in [1.807, 2.05) is 6.92 Å². The molecule has 2 rings (SSSR count). The molecule has 3 N–H and O–H groups in total. The van der Waals surface area contributed by atoms with Gasteiger partial charge in [-0.25, -0.2) is 12.8 Å². The lowest BCUT2D eigenvalue weighted by atomic mass is 9.94. The highest BCUT2D eigenvalue weighted by molar-refractivity contribution is 7.92. The highest BCUT2D eigenvalue weighted by Crippen LogP contribution is 2.19. The van der Waals surface area contributed by atoms with Crippen LogP contribution >= 0.6 is 0 Å². The van der Waals surface area contributed by atoms with Gasteiger partial charge in [0.15, 0.2) is 0 Å². The first-order chi connectivity index (χ1) is 10.3. The van der Waals surface area contributed by atoms with Gasteiger partial charge < -0.3 is 10.6 Å². The molecule has 1 aromatic rings. The number of piperidine rings is 1. The molecular formula is C14H20FN3O3S. The van der Waals surface area contributed by atoms with Crippen molar-refractivity contribution in [2.75, 3.05) is 24.1 Å². The van der Waals surface area contributed by atoms with Gasteiger partial charge in [0.05, 0.1) is 17.5 Å². The van der Waals surface area contributed by atoms with E-state index >= 15 is 0 Å². The average Bonchev–Trinajstić information content (AvgIpc) is 2.42. The normalized spacial score (nSPS) is 22.1. The van der Waals surface area contributed by atoms with Gasteiger partial charge in [-0.05, 0) is 37.1 Å². The Labute approximate surface area is 129 Å². The number of hydrogen-bond donors (Lipinski definition) is 3. The second-order valence-corrected chi connectivity index (χ2v) is 7.36. The number of benzene rings is 1. The van der Waals surface area contributed by atoms with Gasteiger partial charge >= 0.3 is 0 Å². The molecule has 1 amide bonds. The number of carbonyl (C=O) groups is 1. The van der Waals surface area contributed by atoms with Crippen molar-refractivity contribution in [1.82, 2.24) is 10.6 Å². The van der Waals surface area contributed by atoms with E-state index in [1.54, 1.807) is 0 Å². The van der Waals surface area contributed by atoms with Crippen LogP contribution in [0.3, 0.4) is 0 Å². The summed E-state index contributed by atoms with van der Waals surface area (Å²) in [6.07, 6.45) is 1.91. The van der Waals surface area contributed by atoms with Crippen LogP contribution < -0.4 is 15.4 Å². The monoisotopic (exact) mass is 329 g/mol. The van der Waals surface area contributed by atoms with Gasteiger partial charge in [0.2, 0.25) is 10.0 Å². The van der Waals surface area contributed by atoms with Crippen LogP contribution in [0.15, 0.2) is 18.2 Å². The summed E-state index contributed by atoms with van der Waals surface area (Å²) in [5.41, 5.74) is 0.0426. The minimum atomic E-state index is -3.55. The van der Waals surface area contributed by atoms with Crippen LogP contribution in [0.4, 0.5) is 10.1 Å². The van der Waals surface area contributed by atoms with Crippen molar-refractivity contribution in [3.63, 3.8) is 0 Å². The van der Waals surface area contributed by atoms with Gasteiger partial charge in [-0.15, -0.1) is 0 Å². The Bertz CT molecular complexity index is 663. The molecule has 1 aliphatic heterocycles. The van der Waals surface area contributed by atoms with Crippen LogP contribution in [0.5, 0.6) is 0 Å². The fraction of sp³-hybridized carbons (Fsp3) is 0.500. The van der Waals surface area contributed by atoms with Gasteiger partial charge in [-0.1, -0.05) is 6.92 Å². The highest BCUT2D eigenvalue weighted by Gasteiger charge is 2.24. The lowest BCUT2D eigenvalue weighted by molar-refractivity contribution is 0.0915. The van der Waals surface area contributed by atoms with Gasteiger partial charge in [-0.3, -0.25) is 9.52 Å². The SMILES string of the molecule is CC1CCNCC1NC(=O)c1cc(F)ccc1NS(C)(=O)=O. The van der Waals surface area contributed by atoms with Crippen LogP contribution in [-0.4, -0.2) is 39.7 Å². The molecule has 2 unspecified atom stereocenters. The van der Waals surface area contributed by atoms with E-state index in [9.17, 15) is 17.6 Å². The molecule has 122 valence electrons. The molecule has 1 heterocycles. The third-order valence-corrected chi connectivity index (χ3v) is 4.26. The van der Waals surface area contributed by atoms with Crippen LogP contribution in [-0.2, 0) is 10.0 Å². The molecule has 8 heteroatoms. The summed E-state index contributed by atoms with van der Waals surface area (Å²) in [7, 11) is -3.55. The van der Waals surface area contributed by atoms with E-state index in [-0.39, 0.29) is 17.3 Å². The predicted octanol–water partition coefficient (Wildman–Crippen LogP) is 0.925. The number of amides is 1. The van der Waals surface area contributed by atoms with Crippen molar-refractivity contribution in [2.45, 2.75) is 19.4 Å². The lowest BCUT2D eigenvalue weighted by Crippen LogP contribution is -2.50. The Morgan fingerprint density at radius 1 is 1.41 bits per heavy atom. The van der Waals surface area contributed by atoms with Crippen molar-refractivity contribution in [3.8, 4) is 0 Å². The average molecular weight is 329 g/mol. The molecular weight excluding hydrogens is 309 g/mol. The summed E-state index contributed by atoms with van der Waals surface area (Å²) in [6.45, 7) is 3.57. The lowest BCUT2D eigenvalue weighted by Gasteiger charge is -2.30. The highest BCUT2D eigenvalue weighted by atomic mass is 32.2. The number of halogens is 1. The summed E-state index contributed by atoms with van der Waals surface area (Å²) in [5, 5.41) is 6.02. The standard InChI is InChI=1S/C14H20FN3O3S/c1-9-5-6-16-8-13(9)17-14(19)11-7-10(15)3-4-12(11)18-22(2,20)21/h3-4,7,9,13,16,18H,5-6,8H2,1-2H3,(H,17,19). The molecule has 1 saturated heterocycles. The van der Waals surface area contributed by atoms with E-state index in [4.69, 9.17) is 0 Å². The second kappa shape index (κ2) is 6.62. The van der Waals surface area contributed by atoms with Crippen molar-refractivity contribution in [1.29, 1.82) is 0 Å². The molecule has 6 nitrogen and oxygen atoms in total. The Morgan fingerprint density at radius 2 is 2.14 bits per heavy atom. The van der Waals surface area contributed by atoms with Crippen molar-refractivity contribution in [3.05, 3.63) is 29.6 Å². The number of rotatable bonds is 4. The molecule has 0 saturated carbocycles. The summed E-state index contributed by atoms with van der Waals surface area (Å²) in [4.78, 5) is 12.4. The molecule has 0 aromatic heterocycles. The Morgan fingerprint density at radius 3 is 2.77 bits per heavy atom. The molecule has 2 atom stereocenters. The van der Waals surface area contributed by atoms with Gasteiger partial charge in [-0.2, -0.15) is 0 Å². The summed E-state index contributed by atoms with van der Waals surface area (Å²) < 4.78 is 38.4. The first kappa shape index (κ1) is 16.7. The zero-order valence-corrected chi connectivity index (χ0v) is 13.3. The maximum absolute atomic E-state index is 13.4. The van der Waals surface area contributed by atoms with E-state index in [0.29, 0.717) is 12.5 Å². The molecule has 0 bridgehead atoms. The second-order valence-electron chi connectivity index (χ2n) is 5.61. The van der Waals surface area contributed by atoms with Crippen LogP contribution in [0.2, 0.25) is 0 Å². The zero-order valence-electron chi connectivity index (χ0n) is 12.5. The van der Waals surface area contributed by atoms with Gasteiger partial charge in [0, 0.05) is 12.6 Å². The summed E-state index contributed by atoms with van der Waals surface area (Å²) in [6, 6.07) is 3.31. The quantitative estimate of drug-likeness (QED) is 0.767. The van der Waals surface area contributed by atoms with E-state index < -0.39 is 21.7 Å². The van der Waals surface area contributed by atoms with Crippen molar-refractivity contribution in [2.24, 2.45) is 5.92 Å². The zero-order chi connectivity index (χ0) is 16.3. The van der Waals surface area contributed by atoms with Crippen LogP contribution in [0, 0.1) is 11.7 Å². The number of hydrogen-bond acceptors (Lipinski definition) is 4. The molecule has 22 heavy (non-hydrogen) atoms. The first-order valence-electron chi connectivity index (χ1n) is 7.05. The van der Waals surface area contributed by atoms with E-state index in [2.05, 4.69) is 15.4 Å². The third kappa shape index (κ3) is 4.41. The minimum Gasteiger partial charge on any atom is -0.348 e. The maximum Gasteiger partial charge on any atom is 0.253 e. The van der Waals surface area contributed by atoms with Crippen molar-refractivity contribution >= 4 is 21.6 Å². The van der Waals surface area contributed by atoms with Crippen molar-refractivity contribution < 1.29 is 17.6 Å². The number of nitrogens with one attached hydrogen (secondary N) is 3. The fourth-order valence-corrected chi connectivity index (χ4v) is 3.00. The molecule has 0 radical (unpaired) electrons. The molecule has 1 aliphatic rings.